The van der Waals surface area contributed by atoms with Gasteiger partial charge in [-0.05, 0) is 18.6 Å². The maximum Gasteiger partial charge on any atom is 0.121 e. The number of hydrogen-bond acceptors (Lipinski definition) is 4. The zero-order valence-corrected chi connectivity index (χ0v) is 11.6. The molecule has 0 spiro atoms. The number of thiazole rings is 1. The van der Waals surface area contributed by atoms with Gasteiger partial charge in [-0.1, -0.05) is 19.1 Å². The van der Waals surface area contributed by atoms with E-state index in [-0.39, 0.29) is 0 Å². The maximum absolute atomic E-state index is 4.54. The van der Waals surface area contributed by atoms with E-state index in [9.17, 15) is 0 Å². The number of benzene rings is 1. The lowest BCUT2D eigenvalue weighted by Gasteiger charge is -1.98. The molecule has 0 saturated heterocycles. The molecule has 19 heavy (non-hydrogen) atoms. The molecule has 98 valence electrons. The highest BCUT2D eigenvalue weighted by Gasteiger charge is 2.03. The monoisotopic (exact) mass is 272 g/mol. The minimum atomic E-state index is 0.744. The Balaban J connectivity index is 1.59. The maximum atomic E-state index is 4.54. The molecule has 0 aliphatic carbocycles. The van der Waals surface area contributed by atoms with Crippen LogP contribution in [0, 0.1) is 0 Å². The van der Waals surface area contributed by atoms with Crippen LogP contribution in [-0.2, 0) is 19.5 Å². The summed E-state index contributed by atoms with van der Waals surface area (Å²) in [7, 11) is 0. The van der Waals surface area contributed by atoms with E-state index in [4.69, 9.17) is 0 Å². The molecule has 2 heterocycles. The number of aromatic nitrogens is 3. The summed E-state index contributed by atoms with van der Waals surface area (Å²) in [4.78, 5) is 13.5. The van der Waals surface area contributed by atoms with E-state index >= 15 is 0 Å². The fourth-order valence-electron chi connectivity index (χ4n) is 1.99. The van der Waals surface area contributed by atoms with Gasteiger partial charge in [0.15, 0.2) is 0 Å². The van der Waals surface area contributed by atoms with Crippen LogP contribution < -0.4 is 5.32 Å². The Morgan fingerprint density at radius 2 is 2.16 bits per heavy atom. The molecule has 0 atom stereocenters. The Morgan fingerprint density at radius 1 is 1.26 bits per heavy atom. The number of nitrogens with one attached hydrogen (secondary N) is 2. The number of hydrogen-bond donors (Lipinski definition) is 2. The second-order valence-corrected chi connectivity index (χ2v) is 5.58. The van der Waals surface area contributed by atoms with Crippen LogP contribution in [0.25, 0.3) is 11.0 Å². The van der Waals surface area contributed by atoms with E-state index < -0.39 is 0 Å². The molecule has 0 amide bonds. The summed E-state index contributed by atoms with van der Waals surface area (Å²) in [5.41, 5.74) is 2.11. The third kappa shape index (κ3) is 2.83. The van der Waals surface area contributed by atoms with Gasteiger partial charge in [0.1, 0.15) is 5.82 Å². The standard InChI is InChI=1S/C14H16N4S/c1-2-14-16-8-10(19-14)7-15-9-13-17-11-5-3-4-6-12(11)18-13/h3-6,8,15H,2,7,9H2,1H3,(H,17,18). The smallest absolute Gasteiger partial charge is 0.121 e. The van der Waals surface area contributed by atoms with Gasteiger partial charge >= 0.3 is 0 Å². The summed E-state index contributed by atoms with van der Waals surface area (Å²) in [5, 5.41) is 4.59. The molecule has 0 aliphatic heterocycles. The fraction of sp³-hybridized carbons (Fsp3) is 0.286. The minimum absolute atomic E-state index is 0.744. The number of aromatic amines is 1. The van der Waals surface area contributed by atoms with Crippen LogP contribution in [0.1, 0.15) is 22.6 Å². The molecular formula is C14H16N4S. The van der Waals surface area contributed by atoms with Gasteiger partial charge in [0.25, 0.3) is 0 Å². The summed E-state index contributed by atoms with van der Waals surface area (Å²) in [6.45, 7) is 3.72. The molecule has 0 radical (unpaired) electrons. The van der Waals surface area contributed by atoms with Crippen molar-refractivity contribution in [3.8, 4) is 0 Å². The lowest BCUT2D eigenvalue weighted by molar-refractivity contribution is 0.676. The average Bonchev–Trinajstić information content (AvgIpc) is 3.04. The topological polar surface area (TPSA) is 53.6 Å². The van der Waals surface area contributed by atoms with Gasteiger partial charge in [0.2, 0.25) is 0 Å². The highest BCUT2D eigenvalue weighted by atomic mass is 32.1. The normalized spacial score (nSPS) is 11.2. The predicted molar refractivity (Wildman–Crippen MR) is 78.1 cm³/mol. The van der Waals surface area contributed by atoms with Gasteiger partial charge in [-0.3, -0.25) is 0 Å². The minimum Gasteiger partial charge on any atom is -0.341 e. The van der Waals surface area contributed by atoms with E-state index in [0.717, 1.165) is 36.4 Å². The summed E-state index contributed by atoms with van der Waals surface area (Å²) >= 11 is 1.77. The molecule has 2 aromatic heterocycles. The van der Waals surface area contributed by atoms with Gasteiger partial charge in [-0.2, -0.15) is 0 Å². The molecule has 4 nitrogen and oxygen atoms in total. The lowest BCUT2D eigenvalue weighted by atomic mass is 10.3. The van der Waals surface area contributed by atoms with Crippen molar-refractivity contribution in [1.29, 1.82) is 0 Å². The summed E-state index contributed by atoms with van der Waals surface area (Å²) in [6, 6.07) is 8.08. The summed E-state index contributed by atoms with van der Waals surface area (Å²) in [6.07, 6.45) is 2.96. The van der Waals surface area contributed by atoms with Crippen molar-refractivity contribution in [2.45, 2.75) is 26.4 Å². The van der Waals surface area contributed by atoms with Gasteiger partial charge in [0.05, 0.1) is 22.6 Å². The third-order valence-corrected chi connectivity index (χ3v) is 4.08. The van der Waals surface area contributed by atoms with Crippen LogP contribution in [0.4, 0.5) is 0 Å². The van der Waals surface area contributed by atoms with E-state index in [2.05, 4.69) is 27.2 Å². The quantitative estimate of drug-likeness (QED) is 0.751. The van der Waals surface area contributed by atoms with Crippen LogP contribution in [0.5, 0.6) is 0 Å². The fourth-order valence-corrected chi connectivity index (χ4v) is 2.82. The van der Waals surface area contributed by atoms with Crippen LogP contribution >= 0.6 is 11.3 Å². The van der Waals surface area contributed by atoms with Gasteiger partial charge < -0.3 is 10.3 Å². The molecule has 0 unspecified atom stereocenters. The molecule has 0 bridgehead atoms. The number of imidazole rings is 1. The first-order valence-electron chi connectivity index (χ1n) is 6.43. The highest BCUT2D eigenvalue weighted by molar-refractivity contribution is 7.11. The average molecular weight is 272 g/mol. The molecule has 1 aromatic carbocycles. The lowest BCUT2D eigenvalue weighted by Crippen LogP contribution is -2.12. The van der Waals surface area contributed by atoms with Crippen molar-refractivity contribution < 1.29 is 0 Å². The molecule has 5 heteroatoms. The number of aryl methyl sites for hydroxylation is 1. The Morgan fingerprint density at radius 3 is 2.95 bits per heavy atom. The van der Waals surface area contributed by atoms with Gasteiger partial charge in [0, 0.05) is 17.6 Å². The molecule has 3 aromatic rings. The number of H-pyrrole nitrogens is 1. The molecule has 0 saturated carbocycles. The molecule has 3 rings (SSSR count). The van der Waals surface area contributed by atoms with Gasteiger partial charge in [-0.15, -0.1) is 11.3 Å². The predicted octanol–water partition coefficient (Wildman–Crippen LogP) is 2.87. The Bertz CT molecular complexity index is 638. The highest BCUT2D eigenvalue weighted by Crippen LogP contribution is 2.13. The number of rotatable bonds is 5. The van der Waals surface area contributed by atoms with E-state index in [1.807, 2.05) is 30.5 Å². The first-order chi connectivity index (χ1) is 9.35. The molecular weight excluding hydrogens is 256 g/mol. The van der Waals surface area contributed by atoms with Crippen molar-refractivity contribution in [3.05, 3.63) is 46.2 Å². The number of para-hydroxylation sites is 2. The second kappa shape index (κ2) is 5.50. The Kier molecular flexibility index (Phi) is 3.57. The van der Waals surface area contributed by atoms with Crippen molar-refractivity contribution in [2.75, 3.05) is 0 Å². The molecule has 0 fully saturated rings. The first kappa shape index (κ1) is 12.3. The van der Waals surface area contributed by atoms with E-state index in [1.54, 1.807) is 11.3 Å². The number of fused-ring (bicyclic) bond motifs is 1. The van der Waals surface area contributed by atoms with E-state index in [1.165, 1.54) is 9.88 Å². The van der Waals surface area contributed by atoms with Crippen molar-refractivity contribution in [1.82, 2.24) is 20.3 Å². The summed E-state index contributed by atoms with van der Waals surface area (Å²) in [5.74, 6) is 0.974. The zero-order valence-electron chi connectivity index (χ0n) is 10.8. The van der Waals surface area contributed by atoms with E-state index in [0.29, 0.717) is 0 Å². The van der Waals surface area contributed by atoms with Crippen molar-refractivity contribution in [2.24, 2.45) is 0 Å². The second-order valence-electron chi connectivity index (χ2n) is 4.38. The largest absolute Gasteiger partial charge is 0.341 e. The SMILES string of the molecule is CCc1ncc(CNCc2nc3ccccc3[nH]2)s1. The van der Waals surface area contributed by atoms with Crippen LogP contribution in [-0.4, -0.2) is 15.0 Å². The van der Waals surface area contributed by atoms with Crippen molar-refractivity contribution >= 4 is 22.4 Å². The number of nitrogens with zero attached hydrogens (tertiary/aromatic N) is 2. The Labute approximate surface area is 115 Å². The van der Waals surface area contributed by atoms with Crippen molar-refractivity contribution in [3.63, 3.8) is 0 Å². The van der Waals surface area contributed by atoms with Crippen LogP contribution in [0.2, 0.25) is 0 Å². The van der Waals surface area contributed by atoms with Crippen LogP contribution in [0.15, 0.2) is 30.5 Å². The Hall–Kier alpha value is -1.72. The zero-order chi connectivity index (χ0) is 13.1. The summed E-state index contributed by atoms with van der Waals surface area (Å²) < 4.78 is 0. The molecule has 2 N–H and O–H groups in total. The van der Waals surface area contributed by atoms with Crippen LogP contribution in [0.3, 0.4) is 0 Å². The first-order valence-corrected chi connectivity index (χ1v) is 7.24. The third-order valence-electron chi connectivity index (χ3n) is 2.93. The van der Waals surface area contributed by atoms with Gasteiger partial charge in [-0.25, -0.2) is 9.97 Å². The molecule has 0 aliphatic rings.